The lowest BCUT2D eigenvalue weighted by atomic mass is 9.93. The predicted molar refractivity (Wildman–Crippen MR) is 91.4 cm³/mol. The molecule has 0 radical (unpaired) electrons. The quantitative estimate of drug-likeness (QED) is 0.942. The maximum absolute atomic E-state index is 12.4. The Balaban J connectivity index is 1.72. The molecule has 1 aromatic heterocycles. The number of hydrogen-bond acceptors (Lipinski definition) is 3. The van der Waals surface area contributed by atoms with E-state index in [1.807, 2.05) is 48.5 Å². The fourth-order valence-corrected chi connectivity index (χ4v) is 2.85. The van der Waals surface area contributed by atoms with Crippen LogP contribution < -0.4 is 5.32 Å². The summed E-state index contributed by atoms with van der Waals surface area (Å²) in [5.74, 6) is -0.190. The minimum atomic E-state index is -0.285. The number of rotatable bonds is 4. The number of nitrogens with zero attached hydrogens (tertiary/aromatic N) is 2. The smallest absolute Gasteiger partial charge is 0.223 e. The number of amides is 2. The Hall–Kier alpha value is -2.95. The maximum Gasteiger partial charge on any atom is 0.223 e. The van der Waals surface area contributed by atoms with Crippen LogP contribution in [0.25, 0.3) is 6.08 Å². The fourth-order valence-electron chi connectivity index (χ4n) is 2.85. The van der Waals surface area contributed by atoms with Gasteiger partial charge in [0.15, 0.2) is 0 Å². The monoisotopic (exact) mass is 321 g/mol. The van der Waals surface area contributed by atoms with Gasteiger partial charge in [-0.25, -0.2) is 0 Å². The zero-order chi connectivity index (χ0) is 16.9. The van der Waals surface area contributed by atoms with Gasteiger partial charge in [-0.05, 0) is 29.3 Å². The van der Waals surface area contributed by atoms with Gasteiger partial charge < -0.3 is 10.2 Å². The minimum Gasteiger partial charge on any atom is -0.350 e. The molecule has 0 aliphatic carbocycles. The fraction of sp³-hybridized carbons (Fsp3) is 0.211. The molecule has 5 heteroatoms. The van der Waals surface area contributed by atoms with Gasteiger partial charge in [-0.15, -0.1) is 0 Å². The van der Waals surface area contributed by atoms with Crippen LogP contribution >= 0.6 is 0 Å². The Morgan fingerprint density at radius 1 is 1.17 bits per heavy atom. The highest BCUT2D eigenvalue weighted by Crippen LogP contribution is 2.32. The van der Waals surface area contributed by atoms with Crippen LogP contribution in [0.3, 0.4) is 0 Å². The summed E-state index contributed by atoms with van der Waals surface area (Å²) in [6.07, 6.45) is 5.56. The predicted octanol–water partition coefficient (Wildman–Crippen LogP) is 2.66. The number of aromatic nitrogens is 1. The van der Waals surface area contributed by atoms with Crippen molar-refractivity contribution in [1.82, 2.24) is 15.2 Å². The van der Waals surface area contributed by atoms with Gasteiger partial charge in [-0.3, -0.25) is 14.6 Å². The van der Waals surface area contributed by atoms with E-state index in [0.29, 0.717) is 6.54 Å². The summed E-state index contributed by atoms with van der Waals surface area (Å²) in [7, 11) is 0. The number of pyridine rings is 1. The Labute approximate surface area is 141 Å². The molecular formula is C19H19N3O2. The standard InChI is InChI=1S/C19H19N3O2/c1-14(23)22-11-9-15-6-2-3-8-17(15)18(22)12-19(24)21-13-16-7-4-5-10-20-16/h2-11,18H,12-13H2,1H3,(H,21,24). The number of carbonyl (C=O) groups is 2. The van der Waals surface area contributed by atoms with Gasteiger partial charge in [0.25, 0.3) is 0 Å². The second-order valence-electron chi connectivity index (χ2n) is 5.69. The van der Waals surface area contributed by atoms with E-state index < -0.39 is 0 Å². The van der Waals surface area contributed by atoms with Gasteiger partial charge in [0, 0.05) is 19.3 Å². The van der Waals surface area contributed by atoms with E-state index in [0.717, 1.165) is 16.8 Å². The Morgan fingerprint density at radius 3 is 2.71 bits per heavy atom. The third-order valence-corrected chi connectivity index (χ3v) is 4.04. The molecule has 1 aliphatic rings. The first-order valence-electron chi connectivity index (χ1n) is 7.88. The van der Waals surface area contributed by atoms with Crippen molar-refractivity contribution in [3.63, 3.8) is 0 Å². The van der Waals surface area contributed by atoms with Crippen LogP contribution in [0.4, 0.5) is 0 Å². The molecule has 2 aromatic rings. The molecule has 2 amide bonds. The van der Waals surface area contributed by atoms with E-state index in [9.17, 15) is 9.59 Å². The molecule has 1 N–H and O–H groups in total. The van der Waals surface area contributed by atoms with Crippen molar-refractivity contribution in [2.45, 2.75) is 25.9 Å². The summed E-state index contributed by atoms with van der Waals surface area (Å²) in [5.41, 5.74) is 2.83. The average Bonchev–Trinajstić information content (AvgIpc) is 2.61. The molecule has 5 nitrogen and oxygen atoms in total. The highest BCUT2D eigenvalue weighted by molar-refractivity contribution is 5.81. The summed E-state index contributed by atoms with van der Waals surface area (Å²) < 4.78 is 0. The number of nitrogens with one attached hydrogen (secondary N) is 1. The van der Waals surface area contributed by atoms with Crippen molar-refractivity contribution in [1.29, 1.82) is 0 Å². The summed E-state index contributed by atoms with van der Waals surface area (Å²) >= 11 is 0. The Kier molecular flexibility index (Phi) is 4.70. The first kappa shape index (κ1) is 15.9. The Bertz CT molecular complexity index is 771. The molecule has 24 heavy (non-hydrogen) atoms. The van der Waals surface area contributed by atoms with E-state index in [-0.39, 0.29) is 24.3 Å². The number of carbonyl (C=O) groups excluding carboxylic acids is 2. The van der Waals surface area contributed by atoms with E-state index >= 15 is 0 Å². The van der Waals surface area contributed by atoms with Crippen LogP contribution in [0.2, 0.25) is 0 Å². The highest BCUT2D eigenvalue weighted by Gasteiger charge is 2.27. The van der Waals surface area contributed by atoms with Crippen LogP contribution in [0.1, 0.15) is 36.2 Å². The van der Waals surface area contributed by atoms with Gasteiger partial charge in [-0.2, -0.15) is 0 Å². The van der Waals surface area contributed by atoms with E-state index in [2.05, 4.69) is 10.3 Å². The van der Waals surface area contributed by atoms with Crippen LogP contribution in [0.15, 0.2) is 54.9 Å². The lowest BCUT2D eigenvalue weighted by Crippen LogP contribution is -2.35. The topological polar surface area (TPSA) is 62.3 Å². The molecule has 3 rings (SSSR count). The molecule has 0 saturated carbocycles. The minimum absolute atomic E-state index is 0.0803. The largest absolute Gasteiger partial charge is 0.350 e. The second-order valence-corrected chi connectivity index (χ2v) is 5.69. The van der Waals surface area contributed by atoms with Gasteiger partial charge in [0.2, 0.25) is 11.8 Å². The zero-order valence-corrected chi connectivity index (χ0v) is 13.5. The van der Waals surface area contributed by atoms with Crippen molar-refractivity contribution in [3.05, 3.63) is 71.7 Å². The van der Waals surface area contributed by atoms with Crippen LogP contribution in [-0.2, 0) is 16.1 Å². The number of fused-ring (bicyclic) bond motifs is 1. The highest BCUT2D eigenvalue weighted by atomic mass is 16.2. The van der Waals surface area contributed by atoms with E-state index in [1.54, 1.807) is 17.3 Å². The molecular weight excluding hydrogens is 302 g/mol. The average molecular weight is 321 g/mol. The first-order chi connectivity index (χ1) is 11.6. The van der Waals surface area contributed by atoms with E-state index in [1.165, 1.54) is 6.92 Å². The molecule has 0 spiro atoms. The van der Waals surface area contributed by atoms with Crippen molar-refractivity contribution >= 4 is 17.9 Å². The second kappa shape index (κ2) is 7.08. The number of hydrogen-bond donors (Lipinski definition) is 1. The molecule has 0 bridgehead atoms. The lowest BCUT2D eigenvalue weighted by molar-refractivity contribution is -0.130. The van der Waals surface area contributed by atoms with Crippen LogP contribution in [0.5, 0.6) is 0 Å². The molecule has 0 saturated heterocycles. The van der Waals surface area contributed by atoms with Gasteiger partial charge in [-0.1, -0.05) is 30.3 Å². The molecule has 2 heterocycles. The van der Waals surface area contributed by atoms with Crippen LogP contribution in [0, 0.1) is 0 Å². The van der Waals surface area contributed by atoms with Crippen molar-refractivity contribution in [2.24, 2.45) is 0 Å². The van der Waals surface area contributed by atoms with Crippen molar-refractivity contribution < 1.29 is 9.59 Å². The zero-order valence-electron chi connectivity index (χ0n) is 13.5. The third kappa shape index (κ3) is 3.51. The van der Waals surface area contributed by atoms with Crippen molar-refractivity contribution in [2.75, 3.05) is 0 Å². The molecule has 0 fully saturated rings. The maximum atomic E-state index is 12.4. The molecule has 1 aromatic carbocycles. The molecule has 1 unspecified atom stereocenters. The van der Waals surface area contributed by atoms with E-state index in [4.69, 9.17) is 0 Å². The first-order valence-corrected chi connectivity index (χ1v) is 7.88. The summed E-state index contributed by atoms with van der Waals surface area (Å²) in [5, 5.41) is 2.87. The van der Waals surface area contributed by atoms with Gasteiger partial charge >= 0.3 is 0 Å². The normalized spacial score (nSPS) is 15.7. The molecule has 1 aliphatic heterocycles. The SMILES string of the molecule is CC(=O)N1C=Cc2ccccc2C1CC(=O)NCc1ccccn1. The molecule has 122 valence electrons. The van der Waals surface area contributed by atoms with Crippen LogP contribution in [-0.4, -0.2) is 21.7 Å². The number of benzene rings is 1. The van der Waals surface area contributed by atoms with Crippen molar-refractivity contribution in [3.8, 4) is 0 Å². The van der Waals surface area contributed by atoms with Gasteiger partial charge in [0.05, 0.1) is 24.7 Å². The summed E-state index contributed by atoms with van der Waals surface area (Å²) in [6, 6.07) is 13.1. The third-order valence-electron chi connectivity index (χ3n) is 4.04. The Morgan fingerprint density at radius 2 is 1.96 bits per heavy atom. The van der Waals surface area contributed by atoms with Gasteiger partial charge in [0.1, 0.15) is 0 Å². The lowest BCUT2D eigenvalue weighted by Gasteiger charge is -2.32. The summed E-state index contributed by atoms with van der Waals surface area (Å²) in [6.45, 7) is 1.89. The molecule has 1 atom stereocenters. The summed E-state index contributed by atoms with van der Waals surface area (Å²) in [4.78, 5) is 30.1.